The zero-order valence-electron chi connectivity index (χ0n) is 21.3. The van der Waals surface area contributed by atoms with E-state index in [0.717, 1.165) is 30.7 Å². The second kappa shape index (κ2) is 17.3. The Kier molecular flexibility index (Phi) is 15.3. The van der Waals surface area contributed by atoms with E-state index < -0.39 is 48.3 Å². The largest absolute Gasteiger partial charge is 0.479 e. The molecule has 1 heterocycles. The van der Waals surface area contributed by atoms with Gasteiger partial charge in [0.15, 0.2) is 24.4 Å². The number of hydrogen-bond acceptors (Lipinski definition) is 10. The minimum absolute atomic E-state index is 0.657. The average Bonchev–Trinajstić information content (AvgIpc) is 3.62. The number of benzene rings is 1. The lowest BCUT2D eigenvalue weighted by atomic mass is 10.1. The Balaban J connectivity index is 0.000000340. The summed E-state index contributed by atoms with van der Waals surface area (Å²) in [6, 6.07) is 7.27. The fourth-order valence-electron chi connectivity index (χ4n) is 4.10. The molecule has 0 spiro atoms. The summed E-state index contributed by atoms with van der Waals surface area (Å²) in [5, 5.41) is 70.1. The van der Waals surface area contributed by atoms with Gasteiger partial charge >= 0.3 is 23.9 Å². The Morgan fingerprint density at radius 2 is 1.23 bits per heavy atom. The van der Waals surface area contributed by atoms with Crippen molar-refractivity contribution >= 4 is 47.1 Å². The predicted octanol–water partition coefficient (Wildman–Crippen LogP) is -0.145. The molecule has 1 aromatic rings. The monoisotopic (exact) mass is 612 g/mol. The van der Waals surface area contributed by atoms with Crippen LogP contribution >= 0.6 is 23.2 Å². The molecule has 0 radical (unpaired) electrons. The van der Waals surface area contributed by atoms with Crippen molar-refractivity contribution in [3.8, 4) is 0 Å². The van der Waals surface area contributed by atoms with Crippen LogP contribution in [-0.4, -0.2) is 119 Å². The van der Waals surface area contributed by atoms with E-state index in [1.807, 2.05) is 12.1 Å². The number of rotatable bonds is 10. The third-order valence-corrected chi connectivity index (χ3v) is 6.86. The highest BCUT2D eigenvalue weighted by Gasteiger charge is 2.31. The van der Waals surface area contributed by atoms with Gasteiger partial charge in [-0.2, -0.15) is 0 Å². The molecule has 14 nitrogen and oxygen atoms in total. The molecule has 9 N–H and O–H groups in total. The number of aliphatic hydroxyl groups is 4. The summed E-state index contributed by atoms with van der Waals surface area (Å²) < 4.78 is 0. The average molecular weight is 613 g/mol. The Labute approximate surface area is 239 Å². The standard InChI is InChI=1S/C16H22Cl2N2.2C4H6O6/c17-13-6-5-12(16(18)9-13)11-20(14-3-1-2-4-14)15-7-8-19-10-15;2*5-1(3(7)8)2(6)4(9)10/h5-6,9,14-15,19H,1-4,7-8,10-11H2;2*1-2,5-6H,(H,7,8)(H,9,10)/t15-;2*1-,2-/m000/s1. The summed E-state index contributed by atoms with van der Waals surface area (Å²) in [6.45, 7) is 3.21. The number of hydrogen-bond donors (Lipinski definition) is 9. The number of carboxylic acids is 4. The molecule has 0 aromatic heterocycles. The molecule has 0 bridgehead atoms. The number of aliphatic carboxylic acids is 4. The zero-order valence-corrected chi connectivity index (χ0v) is 22.8. The maximum Gasteiger partial charge on any atom is 0.335 e. The first-order chi connectivity index (χ1) is 18.7. The number of carboxylic acid groups (broad SMARTS) is 4. The maximum absolute atomic E-state index is 9.77. The van der Waals surface area contributed by atoms with Crippen LogP contribution in [0.5, 0.6) is 0 Å². The van der Waals surface area contributed by atoms with Gasteiger partial charge in [-0.1, -0.05) is 42.1 Å². The van der Waals surface area contributed by atoms with E-state index in [1.165, 1.54) is 37.7 Å². The SMILES string of the molecule is Clc1ccc(CN(C2CCCC2)[C@H]2CCNC2)c(Cl)c1.O=C(O)[C@@H](O)[C@H](O)C(=O)O.O=C(O)[C@@H](O)[C@H](O)C(=O)O. The molecule has 0 unspecified atom stereocenters. The lowest BCUT2D eigenvalue weighted by Crippen LogP contribution is -2.42. The summed E-state index contributed by atoms with van der Waals surface area (Å²) in [6.07, 6.45) is -2.40. The Bertz CT molecular complexity index is 914. The van der Waals surface area contributed by atoms with E-state index in [1.54, 1.807) is 0 Å². The normalized spacial score (nSPS) is 19.8. The summed E-state index contributed by atoms with van der Waals surface area (Å²) in [7, 11) is 0. The van der Waals surface area contributed by atoms with Crippen LogP contribution < -0.4 is 5.32 Å². The molecule has 1 saturated carbocycles. The van der Waals surface area contributed by atoms with E-state index in [0.29, 0.717) is 11.1 Å². The van der Waals surface area contributed by atoms with Crippen LogP contribution in [0.15, 0.2) is 18.2 Å². The van der Waals surface area contributed by atoms with E-state index in [2.05, 4.69) is 16.3 Å². The van der Waals surface area contributed by atoms with Crippen molar-refractivity contribution in [3.63, 3.8) is 0 Å². The highest BCUT2D eigenvalue weighted by atomic mass is 35.5. The molecule has 2 aliphatic rings. The van der Waals surface area contributed by atoms with E-state index in [-0.39, 0.29) is 0 Å². The molecule has 0 amide bonds. The third-order valence-electron chi connectivity index (χ3n) is 6.28. The number of aliphatic hydroxyl groups excluding tert-OH is 4. The van der Waals surface area contributed by atoms with Crippen LogP contribution in [0.2, 0.25) is 10.0 Å². The summed E-state index contributed by atoms with van der Waals surface area (Å²) in [5.74, 6) is -7.07. The smallest absolute Gasteiger partial charge is 0.335 e. The molecule has 1 saturated heterocycles. The number of halogens is 2. The second-order valence-corrected chi connectivity index (χ2v) is 9.97. The Morgan fingerprint density at radius 3 is 1.57 bits per heavy atom. The lowest BCUT2D eigenvalue weighted by Gasteiger charge is -2.34. The molecule has 1 aromatic carbocycles. The van der Waals surface area contributed by atoms with Crippen LogP contribution in [0.1, 0.15) is 37.7 Å². The molecule has 3 rings (SSSR count). The van der Waals surface area contributed by atoms with Gasteiger partial charge in [0.25, 0.3) is 0 Å². The van der Waals surface area contributed by atoms with Gasteiger partial charge in [0.05, 0.1) is 0 Å². The third kappa shape index (κ3) is 11.5. The summed E-state index contributed by atoms with van der Waals surface area (Å²) >= 11 is 12.4. The quantitative estimate of drug-likeness (QED) is 0.167. The summed E-state index contributed by atoms with van der Waals surface area (Å²) in [5.41, 5.74) is 1.20. The molecule has 2 fully saturated rings. The second-order valence-electron chi connectivity index (χ2n) is 9.13. The van der Waals surface area contributed by atoms with Gasteiger partial charge in [0.2, 0.25) is 0 Å². The fourth-order valence-corrected chi connectivity index (χ4v) is 4.57. The molecule has 1 aliphatic heterocycles. The van der Waals surface area contributed by atoms with Crippen LogP contribution in [0.3, 0.4) is 0 Å². The molecule has 1 aliphatic carbocycles. The predicted molar refractivity (Wildman–Crippen MR) is 140 cm³/mol. The first kappa shape index (κ1) is 35.5. The van der Waals surface area contributed by atoms with Crippen molar-refractivity contribution in [1.29, 1.82) is 0 Å². The van der Waals surface area contributed by atoms with Crippen molar-refractivity contribution in [1.82, 2.24) is 10.2 Å². The van der Waals surface area contributed by atoms with Crippen molar-refractivity contribution in [2.45, 2.75) is 75.1 Å². The van der Waals surface area contributed by atoms with Gasteiger partial charge in [-0.15, -0.1) is 0 Å². The number of nitrogens with zero attached hydrogens (tertiary/aromatic N) is 1. The number of nitrogens with one attached hydrogen (secondary N) is 1. The molecular weight excluding hydrogens is 579 g/mol. The van der Waals surface area contributed by atoms with Crippen LogP contribution in [0, 0.1) is 0 Å². The molecule has 5 atom stereocenters. The van der Waals surface area contributed by atoms with Gasteiger partial charge in [-0.05, 0) is 43.5 Å². The lowest BCUT2D eigenvalue weighted by molar-refractivity contribution is -0.165. The van der Waals surface area contributed by atoms with E-state index >= 15 is 0 Å². The van der Waals surface area contributed by atoms with Crippen LogP contribution in [0.25, 0.3) is 0 Å². The first-order valence-corrected chi connectivity index (χ1v) is 13.0. The molecule has 40 heavy (non-hydrogen) atoms. The highest BCUT2D eigenvalue weighted by molar-refractivity contribution is 6.35. The van der Waals surface area contributed by atoms with Gasteiger partial charge in [-0.3, -0.25) is 4.90 Å². The van der Waals surface area contributed by atoms with E-state index in [9.17, 15) is 19.2 Å². The van der Waals surface area contributed by atoms with Crippen LogP contribution in [0.4, 0.5) is 0 Å². The van der Waals surface area contributed by atoms with Crippen molar-refractivity contribution in [2.24, 2.45) is 0 Å². The first-order valence-electron chi connectivity index (χ1n) is 12.2. The molecule has 16 heteroatoms. The van der Waals surface area contributed by atoms with Crippen molar-refractivity contribution in [3.05, 3.63) is 33.8 Å². The minimum atomic E-state index is -2.27. The van der Waals surface area contributed by atoms with Gasteiger partial charge in [0.1, 0.15) is 0 Å². The van der Waals surface area contributed by atoms with Gasteiger partial charge in [0, 0.05) is 35.2 Å². The van der Waals surface area contributed by atoms with Crippen molar-refractivity contribution < 1.29 is 60.0 Å². The number of carbonyl (C=O) groups is 4. The van der Waals surface area contributed by atoms with Gasteiger partial charge < -0.3 is 46.2 Å². The maximum atomic E-state index is 9.77. The Hall–Kier alpha value is -2.56. The minimum Gasteiger partial charge on any atom is -0.479 e. The zero-order chi connectivity index (χ0) is 30.6. The van der Waals surface area contributed by atoms with E-state index in [4.69, 9.17) is 64.1 Å². The molecule has 226 valence electrons. The topological polar surface area (TPSA) is 245 Å². The molecular formula is C24H34Cl2N2O12. The van der Waals surface area contributed by atoms with Gasteiger partial charge in [-0.25, -0.2) is 19.2 Å². The summed E-state index contributed by atoms with van der Waals surface area (Å²) in [4.78, 5) is 41.8. The van der Waals surface area contributed by atoms with Crippen molar-refractivity contribution in [2.75, 3.05) is 13.1 Å². The Morgan fingerprint density at radius 1 is 0.775 bits per heavy atom. The van der Waals surface area contributed by atoms with Crippen LogP contribution in [-0.2, 0) is 25.7 Å². The highest BCUT2D eigenvalue weighted by Crippen LogP contribution is 2.30. The fraction of sp³-hybridized carbons (Fsp3) is 0.583.